The highest BCUT2D eigenvalue weighted by atomic mass is 16.5. The monoisotopic (exact) mass is 236 g/mol. The minimum absolute atomic E-state index is 0.00158. The van der Waals surface area contributed by atoms with Crippen molar-refractivity contribution in [2.75, 3.05) is 0 Å². The van der Waals surface area contributed by atoms with Crippen LogP contribution in [-0.2, 0) is 0 Å². The summed E-state index contributed by atoms with van der Waals surface area (Å²) < 4.78 is 5.50. The Kier molecular flexibility index (Phi) is 4.63. The summed E-state index contributed by atoms with van der Waals surface area (Å²) in [5, 5.41) is 0. The van der Waals surface area contributed by atoms with Crippen LogP contribution in [0.25, 0.3) is 0 Å². The molecule has 4 nitrogen and oxygen atoms in total. The molecule has 0 bridgehead atoms. The fourth-order valence-corrected chi connectivity index (χ4v) is 1.39. The first-order valence-corrected chi connectivity index (χ1v) is 5.83. The summed E-state index contributed by atoms with van der Waals surface area (Å²) in [7, 11) is 0. The second-order valence-electron chi connectivity index (χ2n) is 4.59. The summed E-state index contributed by atoms with van der Waals surface area (Å²) in [5.74, 6) is 0.399. The molecule has 1 aromatic heterocycles. The van der Waals surface area contributed by atoms with Gasteiger partial charge < -0.3 is 10.5 Å². The Hall–Kier alpha value is -1.42. The number of nitrogens with two attached hydrogens (primary N) is 1. The van der Waals surface area contributed by atoms with E-state index in [4.69, 9.17) is 10.5 Å². The quantitative estimate of drug-likeness (QED) is 0.794. The summed E-state index contributed by atoms with van der Waals surface area (Å²) in [6.45, 7) is 7.51. The van der Waals surface area contributed by atoms with Crippen molar-refractivity contribution < 1.29 is 9.53 Å². The summed E-state index contributed by atoms with van der Waals surface area (Å²) in [6, 6.07) is 1.55. The number of hydrogen-bond donors (Lipinski definition) is 1. The van der Waals surface area contributed by atoms with Crippen molar-refractivity contribution in [3.8, 4) is 5.75 Å². The fraction of sp³-hybridized carbons (Fsp3) is 0.538. The fourth-order valence-electron chi connectivity index (χ4n) is 1.39. The van der Waals surface area contributed by atoms with E-state index >= 15 is 0 Å². The van der Waals surface area contributed by atoms with Crippen LogP contribution in [0.4, 0.5) is 0 Å². The number of rotatable bonds is 5. The summed E-state index contributed by atoms with van der Waals surface area (Å²) in [6.07, 6.45) is 3.22. The van der Waals surface area contributed by atoms with Crippen LogP contribution in [0.2, 0.25) is 0 Å². The molecule has 2 N–H and O–H groups in total. The second kappa shape index (κ2) is 5.77. The third kappa shape index (κ3) is 3.82. The van der Waals surface area contributed by atoms with Crippen molar-refractivity contribution in [2.45, 2.75) is 39.8 Å². The maximum atomic E-state index is 12.0. The number of carbonyl (C=O) groups excluding carboxylic acids is 1. The molecule has 0 aromatic carbocycles. The number of hydrogen-bond acceptors (Lipinski definition) is 4. The first kappa shape index (κ1) is 13.6. The predicted octanol–water partition coefficient (Wildman–Crippen LogP) is 2.03. The van der Waals surface area contributed by atoms with Gasteiger partial charge in [0.1, 0.15) is 5.75 Å². The van der Waals surface area contributed by atoms with Crippen molar-refractivity contribution in [1.29, 1.82) is 0 Å². The zero-order valence-electron chi connectivity index (χ0n) is 10.8. The van der Waals surface area contributed by atoms with E-state index in [0.717, 1.165) is 0 Å². The lowest BCUT2D eigenvalue weighted by Gasteiger charge is -2.15. The zero-order valence-corrected chi connectivity index (χ0v) is 10.8. The van der Waals surface area contributed by atoms with Gasteiger partial charge in [-0.1, -0.05) is 6.92 Å². The zero-order chi connectivity index (χ0) is 13.0. The molecular formula is C13H20N2O2. The highest BCUT2D eigenvalue weighted by molar-refractivity contribution is 5.98. The van der Waals surface area contributed by atoms with Crippen molar-refractivity contribution in [1.82, 2.24) is 4.98 Å². The number of carbonyl (C=O) groups is 1. The van der Waals surface area contributed by atoms with Gasteiger partial charge >= 0.3 is 0 Å². The van der Waals surface area contributed by atoms with Gasteiger partial charge in [-0.15, -0.1) is 0 Å². The molecule has 2 atom stereocenters. The Balaban J connectivity index is 2.88. The second-order valence-corrected chi connectivity index (χ2v) is 4.59. The normalized spacial score (nSPS) is 14.5. The Morgan fingerprint density at radius 2 is 1.94 bits per heavy atom. The highest BCUT2D eigenvalue weighted by Crippen LogP contribution is 2.17. The van der Waals surface area contributed by atoms with E-state index in [9.17, 15) is 4.79 Å². The number of Topliss-reactive ketones (excluding diaryl/α,β-unsaturated/α-hetero) is 1. The van der Waals surface area contributed by atoms with Gasteiger partial charge in [-0.25, -0.2) is 0 Å². The van der Waals surface area contributed by atoms with Crippen LogP contribution in [0, 0.1) is 5.92 Å². The Bertz CT molecular complexity index is 389. The van der Waals surface area contributed by atoms with Crippen LogP contribution in [-0.4, -0.2) is 22.9 Å². The van der Waals surface area contributed by atoms with E-state index in [1.807, 2.05) is 27.7 Å². The molecule has 1 heterocycles. The van der Waals surface area contributed by atoms with Crippen molar-refractivity contribution in [3.63, 3.8) is 0 Å². The standard InChI is InChI=1S/C13H20N2O2/c1-8(2)17-12-5-11(6-15-7-12)13(16)9(3)10(4)14/h5-10H,14H2,1-4H3. The molecule has 94 valence electrons. The largest absolute Gasteiger partial charge is 0.489 e. The molecule has 17 heavy (non-hydrogen) atoms. The molecule has 0 spiro atoms. The molecule has 0 saturated carbocycles. The molecule has 0 aliphatic rings. The smallest absolute Gasteiger partial charge is 0.168 e. The molecule has 2 unspecified atom stereocenters. The first-order valence-electron chi connectivity index (χ1n) is 5.83. The minimum atomic E-state index is -0.217. The van der Waals surface area contributed by atoms with Gasteiger partial charge in [0.05, 0.1) is 12.3 Å². The van der Waals surface area contributed by atoms with E-state index in [1.54, 1.807) is 18.5 Å². The van der Waals surface area contributed by atoms with Crippen LogP contribution in [0.5, 0.6) is 5.75 Å². The molecule has 4 heteroatoms. The van der Waals surface area contributed by atoms with E-state index in [0.29, 0.717) is 11.3 Å². The van der Waals surface area contributed by atoms with Crippen molar-refractivity contribution in [3.05, 3.63) is 24.0 Å². The lowest BCUT2D eigenvalue weighted by molar-refractivity contribution is 0.0916. The summed E-state index contributed by atoms with van der Waals surface area (Å²) in [5.41, 5.74) is 6.27. The van der Waals surface area contributed by atoms with Crippen LogP contribution < -0.4 is 10.5 Å². The molecule has 0 radical (unpaired) electrons. The third-order valence-electron chi connectivity index (χ3n) is 2.57. The number of pyridine rings is 1. The molecule has 0 amide bonds. The number of aromatic nitrogens is 1. The highest BCUT2D eigenvalue weighted by Gasteiger charge is 2.19. The average Bonchev–Trinajstić information content (AvgIpc) is 2.26. The Morgan fingerprint density at radius 3 is 2.47 bits per heavy atom. The molecule has 1 rings (SSSR count). The number of nitrogens with zero attached hydrogens (tertiary/aromatic N) is 1. The Morgan fingerprint density at radius 1 is 1.29 bits per heavy atom. The molecule has 0 saturated heterocycles. The Labute approximate surface area is 102 Å². The maximum absolute atomic E-state index is 12.0. The number of ketones is 1. The van der Waals surface area contributed by atoms with Gasteiger partial charge in [0.15, 0.2) is 5.78 Å². The van der Waals surface area contributed by atoms with E-state index in [2.05, 4.69) is 4.98 Å². The summed E-state index contributed by atoms with van der Waals surface area (Å²) in [4.78, 5) is 16.1. The van der Waals surface area contributed by atoms with E-state index < -0.39 is 0 Å². The van der Waals surface area contributed by atoms with E-state index in [1.165, 1.54) is 0 Å². The first-order chi connectivity index (χ1) is 7.91. The van der Waals surface area contributed by atoms with Crippen LogP contribution in [0.3, 0.4) is 0 Å². The summed E-state index contributed by atoms with van der Waals surface area (Å²) >= 11 is 0. The van der Waals surface area contributed by atoms with Crippen LogP contribution in [0.1, 0.15) is 38.1 Å². The van der Waals surface area contributed by atoms with Gasteiger partial charge in [0, 0.05) is 23.7 Å². The van der Waals surface area contributed by atoms with Gasteiger partial charge in [-0.2, -0.15) is 0 Å². The van der Waals surface area contributed by atoms with Gasteiger partial charge in [0.25, 0.3) is 0 Å². The topological polar surface area (TPSA) is 65.2 Å². The van der Waals surface area contributed by atoms with Crippen LogP contribution in [0.15, 0.2) is 18.5 Å². The van der Waals surface area contributed by atoms with Gasteiger partial charge in [-0.05, 0) is 26.8 Å². The van der Waals surface area contributed by atoms with Crippen LogP contribution >= 0.6 is 0 Å². The van der Waals surface area contributed by atoms with Gasteiger partial charge in [0.2, 0.25) is 0 Å². The SMILES string of the molecule is CC(C)Oc1cncc(C(=O)C(C)C(C)N)c1. The van der Waals surface area contributed by atoms with Crippen molar-refractivity contribution >= 4 is 5.78 Å². The minimum Gasteiger partial charge on any atom is -0.489 e. The predicted molar refractivity (Wildman–Crippen MR) is 67.1 cm³/mol. The molecule has 1 aromatic rings. The molecule has 0 aliphatic heterocycles. The molecule has 0 fully saturated rings. The lowest BCUT2D eigenvalue weighted by atomic mass is 9.95. The van der Waals surface area contributed by atoms with Gasteiger partial charge in [-0.3, -0.25) is 9.78 Å². The average molecular weight is 236 g/mol. The van der Waals surface area contributed by atoms with E-state index in [-0.39, 0.29) is 23.8 Å². The lowest BCUT2D eigenvalue weighted by Crippen LogP contribution is -2.30. The molecule has 0 aliphatic carbocycles. The number of ether oxygens (including phenoxy) is 1. The maximum Gasteiger partial charge on any atom is 0.168 e. The van der Waals surface area contributed by atoms with Crippen molar-refractivity contribution in [2.24, 2.45) is 11.7 Å². The third-order valence-corrected chi connectivity index (χ3v) is 2.57. The molecular weight excluding hydrogens is 216 g/mol.